The van der Waals surface area contributed by atoms with E-state index in [4.69, 9.17) is 15.2 Å². The molecule has 8 nitrogen and oxygen atoms in total. The fraction of sp³-hybridized carbons (Fsp3) is 0.444. The van der Waals surface area contributed by atoms with Crippen LogP contribution in [0.15, 0.2) is 30.3 Å². The van der Waals surface area contributed by atoms with E-state index in [2.05, 4.69) is 28.3 Å². The fourth-order valence-electron chi connectivity index (χ4n) is 5.53. The Labute approximate surface area is 205 Å². The molecule has 3 N–H and O–H groups in total. The molecule has 2 heterocycles. The summed E-state index contributed by atoms with van der Waals surface area (Å²) >= 11 is 0. The molecule has 184 valence electrons. The maximum Gasteiger partial charge on any atom is 0.415 e. The molecule has 0 spiro atoms. The van der Waals surface area contributed by atoms with Gasteiger partial charge >= 0.3 is 6.09 Å². The number of carbonyl (C=O) groups excluding carboxylic acids is 1. The minimum atomic E-state index is -0.330. The average Bonchev–Trinajstić information content (AvgIpc) is 3.41. The van der Waals surface area contributed by atoms with Gasteiger partial charge in [-0.15, -0.1) is 0 Å². The number of methoxy groups -OCH3 is 1. The Morgan fingerprint density at radius 1 is 1.09 bits per heavy atom. The molecule has 8 heteroatoms. The summed E-state index contributed by atoms with van der Waals surface area (Å²) in [6.07, 6.45) is 3.33. The third kappa shape index (κ3) is 4.70. The summed E-state index contributed by atoms with van der Waals surface area (Å²) in [5.41, 5.74) is 9.66. The van der Waals surface area contributed by atoms with E-state index in [0.717, 1.165) is 35.3 Å². The highest BCUT2D eigenvalue weighted by Crippen LogP contribution is 2.39. The second-order valence-corrected chi connectivity index (χ2v) is 9.91. The second kappa shape index (κ2) is 9.24. The van der Waals surface area contributed by atoms with Crippen LogP contribution in [-0.2, 0) is 0 Å². The van der Waals surface area contributed by atoms with E-state index in [1.807, 2.05) is 30.9 Å². The summed E-state index contributed by atoms with van der Waals surface area (Å²) in [5, 5.41) is 4.25. The van der Waals surface area contributed by atoms with Gasteiger partial charge in [-0.05, 0) is 74.8 Å². The monoisotopic (exact) mass is 475 g/mol. The number of aromatic nitrogens is 2. The predicted octanol–water partition coefficient (Wildman–Crippen LogP) is 5.24. The molecule has 2 aromatic carbocycles. The number of likely N-dealkylation sites (tertiary alicyclic amines) is 1. The molecule has 1 saturated carbocycles. The van der Waals surface area contributed by atoms with Gasteiger partial charge in [-0.3, -0.25) is 0 Å². The Hall–Kier alpha value is -3.55. The summed E-state index contributed by atoms with van der Waals surface area (Å²) in [6, 6.07) is 9.55. The van der Waals surface area contributed by atoms with Gasteiger partial charge < -0.3 is 25.4 Å². The number of nitrogens with zero attached hydrogens (tertiary/aromatic N) is 3. The van der Waals surface area contributed by atoms with Crippen molar-refractivity contribution >= 4 is 28.5 Å². The van der Waals surface area contributed by atoms with Gasteiger partial charge in [-0.25, -0.2) is 14.8 Å². The lowest BCUT2D eigenvalue weighted by Crippen LogP contribution is -2.32. The minimum absolute atomic E-state index is 0.0492. The summed E-state index contributed by atoms with van der Waals surface area (Å²) < 4.78 is 11.4. The van der Waals surface area contributed by atoms with Crippen LogP contribution in [0.2, 0.25) is 0 Å². The SMILES string of the molecule is COc1cc2nc(C)nc(NC(C)c3cc(C)cc(N)c3)c2cc1OC(=O)N1CC2CCCC2C1. The van der Waals surface area contributed by atoms with Gasteiger partial charge in [0.15, 0.2) is 11.5 Å². The topological polar surface area (TPSA) is 103 Å². The van der Waals surface area contributed by atoms with Gasteiger partial charge in [0.2, 0.25) is 0 Å². The lowest BCUT2D eigenvalue weighted by atomic mass is 10.0. The van der Waals surface area contributed by atoms with Crippen LogP contribution < -0.4 is 20.5 Å². The number of fused-ring (bicyclic) bond motifs is 2. The molecule has 1 amide bonds. The van der Waals surface area contributed by atoms with Crippen molar-refractivity contribution in [1.82, 2.24) is 14.9 Å². The number of benzene rings is 2. The Morgan fingerprint density at radius 2 is 1.83 bits per heavy atom. The zero-order valence-corrected chi connectivity index (χ0v) is 20.8. The summed E-state index contributed by atoms with van der Waals surface area (Å²) in [6.45, 7) is 7.48. The first-order valence-electron chi connectivity index (χ1n) is 12.3. The molecular weight excluding hydrogens is 442 g/mol. The molecule has 5 rings (SSSR count). The largest absolute Gasteiger partial charge is 0.493 e. The molecule has 35 heavy (non-hydrogen) atoms. The molecule has 1 aliphatic heterocycles. The van der Waals surface area contributed by atoms with Crippen LogP contribution in [0.1, 0.15) is 49.2 Å². The van der Waals surface area contributed by atoms with Crippen molar-refractivity contribution < 1.29 is 14.3 Å². The molecular formula is C27H33N5O3. The van der Waals surface area contributed by atoms with Crippen LogP contribution in [-0.4, -0.2) is 41.2 Å². The van der Waals surface area contributed by atoms with Gasteiger partial charge in [-0.2, -0.15) is 0 Å². The third-order valence-electron chi connectivity index (χ3n) is 7.25. The molecule has 3 aromatic rings. The quantitative estimate of drug-likeness (QED) is 0.486. The molecule has 0 radical (unpaired) electrons. The van der Waals surface area contributed by atoms with E-state index >= 15 is 0 Å². The van der Waals surface area contributed by atoms with Crippen molar-refractivity contribution in [2.75, 3.05) is 31.2 Å². The highest BCUT2D eigenvalue weighted by molar-refractivity contribution is 5.92. The van der Waals surface area contributed by atoms with E-state index in [0.29, 0.717) is 40.5 Å². The molecule has 1 aliphatic carbocycles. The zero-order valence-electron chi connectivity index (χ0n) is 20.8. The van der Waals surface area contributed by atoms with Crippen molar-refractivity contribution in [3.8, 4) is 11.5 Å². The number of aryl methyl sites for hydroxylation is 2. The summed E-state index contributed by atoms with van der Waals surface area (Å²) in [4.78, 5) is 24.1. The van der Waals surface area contributed by atoms with Gasteiger partial charge in [-0.1, -0.05) is 12.5 Å². The van der Waals surface area contributed by atoms with Crippen LogP contribution in [0.5, 0.6) is 11.5 Å². The van der Waals surface area contributed by atoms with Crippen molar-refractivity contribution in [1.29, 1.82) is 0 Å². The second-order valence-electron chi connectivity index (χ2n) is 9.91. The smallest absolute Gasteiger partial charge is 0.415 e. The number of ether oxygens (including phenoxy) is 2. The van der Waals surface area contributed by atoms with Crippen molar-refractivity contribution in [3.63, 3.8) is 0 Å². The van der Waals surface area contributed by atoms with Crippen LogP contribution in [0.4, 0.5) is 16.3 Å². The Morgan fingerprint density at radius 3 is 2.51 bits per heavy atom. The molecule has 3 atom stereocenters. The zero-order chi connectivity index (χ0) is 24.7. The van der Waals surface area contributed by atoms with E-state index < -0.39 is 0 Å². The third-order valence-corrected chi connectivity index (χ3v) is 7.25. The van der Waals surface area contributed by atoms with Gasteiger partial charge in [0.1, 0.15) is 11.6 Å². The maximum atomic E-state index is 13.0. The molecule has 1 aromatic heterocycles. The number of nitrogens with two attached hydrogens (primary N) is 1. The van der Waals surface area contributed by atoms with Crippen LogP contribution in [0.3, 0.4) is 0 Å². The van der Waals surface area contributed by atoms with Gasteiger partial charge in [0, 0.05) is 30.2 Å². The Balaban J connectivity index is 1.45. The van der Waals surface area contributed by atoms with E-state index in [9.17, 15) is 4.79 Å². The van der Waals surface area contributed by atoms with Crippen LogP contribution in [0, 0.1) is 25.7 Å². The first-order valence-corrected chi connectivity index (χ1v) is 12.3. The first-order chi connectivity index (χ1) is 16.8. The molecule has 2 fully saturated rings. The van der Waals surface area contributed by atoms with Crippen molar-refractivity contribution in [2.45, 2.75) is 46.1 Å². The number of rotatable bonds is 5. The number of hydrogen-bond acceptors (Lipinski definition) is 7. The summed E-state index contributed by atoms with van der Waals surface area (Å²) in [7, 11) is 1.57. The number of nitrogen functional groups attached to an aromatic ring is 1. The molecule has 3 unspecified atom stereocenters. The van der Waals surface area contributed by atoms with Crippen LogP contribution >= 0.6 is 0 Å². The van der Waals surface area contributed by atoms with E-state index in [1.165, 1.54) is 19.3 Å². The highest BCUT2D eigenvalue weighted by atomic mass is 16.6. The molecule has 0 bridgehead atoms. The van der Waals surface area contributed by atoms with E-state index in [1.54, 1.807) is 19.2 Å². The lowest BCUT2D eigenvalue weighted by Gasteiger charge is -2.20. The number of nitrogens with one attached hydrogen (secondary N) is 1. The predicted molar refractivity (Wildman–Crippen MR) is 137 cm³/mol. The normalized spacial score (nSPS) is 20.1. The number of hydrogen-bond donors (Lipinski definition) is 2. The summed E-state index contributed by atoms with van der Waals surface area (Å²) in [5.74, 6) is 3.33. The number of amides is 1. The highest BCUT2D eigenvalue weighted by Gasteiger charge is 2.39. The Bertz CT molecular complexity index is 1250. The molecule has 1 saturated heterocycles. The van der Waals surface area contributed by atoms with Crippen molar-refractivity contribution in [2.24, 2.45) is 11.8 Å². The Kier molecular flexibility index (Phi) is 6.13. The lowest BCUT2D eigenvalue weighted by molar-refractivity contribution is 0.157. The van der Waals surface area contributed by atoms with E-state index in [-0.39, 0.29) is 12.1 Å². The van der Waals surface area contributed by atoms with Crippen molar-refractivity contribution in [3.05, 3.63) is 47.3 Å². The van der Waals surface area contributed by atoms with Gasteiger partial charge in [0.05, 0.1) is 18.7 Å². The fourth-order valence-corrected chi connectivity index (χ4v) is 5.53. The molecule has 2 aliphatic rings. The van der Waals surface area contributed by atoms with Crippen LogP contribution in [0.25, 0.3) is 10.9 Å². The number of anilines is 2. The number of carbonyl (C=O) groups is 1. The maximum absolute atomic E-state index is 13.0. The van der Waals surface area contributed by atoms with Gasteiger partial charge in [0.25, 0.3) is 0 Å². The standard InChI is InChI=1S/C27H33N5O3/c1-15-8-20(10-21(28)9-15)16(2)29-26-22-11-25(24(34-4)12-23(22)30-17(3)31-26)35-27(33)32-13-18-6-5-7-19(18)14-32/h8-12,16,18-19H,5-7,13-14,28H2,1-4H3,(H,29,30,31). The average molecular weight is 476 g/mol. The minimum Gasteiger partial charge on any atom is -0.493 e. The first kappa shape index (κ1) is 23.2.